The van der Waals surface area contributed by atoms with E-state index in [4.69, 9.17) is 0 Å². The summed E-state index contributed by atoms with van der Waals surface area (Å²) in [5, 5.41) is 0. The fourth-order valence-corrected chi connectivity index (χ4v) is 2.28. The number of ketones is 2. The number of benzene rings is 1. The van der Waals surface area contributed by atoms with Gasteiger partial charge in [0.05, 0.1) is 0 Å². The first-order valence-corrected chi connectivity index (χ1v) is 6.15. The molecule has 0 aliphatic heterocycles. The van der Waals surface area contributed by atoms with E-state index < -0.39 is 0 Å². The first kappa shape index (κ1) is 12.3. The van der Waals surface area contributed by atoms with E-state index in [9.17, 15) is 14.4 Å². The van der Waals surface area contributed by atoms with Crippen LogP contribution >= 0.6 is 0 Å². The number of carbonyl (C=O) groups excluding carboxylic acids is 2. The maximum Gasteiger partial charge on any atom is 0.250 e. The molecule has 4 heteroatoms. The molecule has 0 N–H and O–H groups in total. The van der Waals surface area contributed by atoms with E-state index >= 15 is 0 Å². The first-order valence-electron chi connectivity index (χ1n) is 6.15. The largest absolute Gasteiger partial charge is 0.318 e. The molecule has 98 valence electrons. The van der Waals surface area contributed by atoms with Crippen molar-refractivity contribution in [3.8, 4) is 0 Å². The number of hydrogen-bond acceptors (Lipinski definition) is 3. The minimum absolute atomic E-state index is 0.163. The van der Waals surface area contributed by atoms with Gasteiger partial charge in [-0.3, -0.25) is 14.4 Å². The quantitative estimate of drug-likeness (QED) is 0.790. The normalized spacial score (nSPS) is 13.9. The van der Waals surface area contributed by atoms with Crippen LogP contribution in [0, 0.1) is 0 Å². The number of carbonyl (C=O) groups is 2. The van der Waals surface area contributed by atoms with E-state index in [2.05, 4.69) is 0 Å². The molecule has 0 saturated heterocycles. The average Bonchev–Trinajstić information content (AvgIpc) is 2.46. The Balaban J connectivity index is 2.17. The Morgan fingerprint density at radius 3 is 2.30 bits per heavy atom. The van der Waals surface area contributed by atoms with Crippen molar-refractivity contribution in [3.05, 3.63) is 75.7 Å². The van der Waals surface area contributed by atoms with Crippen LogP contribution in [-0.4, -0.2) is 16.1 Å². The average molecular weight is 265 g/mol. The maximum absolute atomic E-state index is 12.5. The molecule has 4 nitrogen and oxygen atoms in total. The van der Waals surface area contributed by atoms with Crippen LogP contribution in [0.5, 0.6) is 0 Å². The van der Waals surface area contributed by atoms with Gasteiger partial charge in [0.25, 0.3) is 0 Å². The maximum atomic E-state index is 12.5. The lowest BCUT2D eigenvalue weighted by molar-refractivity contribution is 0.100. The van der Waals surface area contributed by atoms with E-state index in [0.717, 1.165) is 0 Å². The van der Waals surface area contributed by atoms with Crippen LogP contribution in [0.1, 0.15) is 26.3 Å². The van der Waals surface area contributed by atoms with Crippen molar-refractivity contribution >= 4 is 17.1 Å². The lowest BCUT2D eigenvalue weighted by Gasteiger charge is -2.15. The molecule has 1 heterocycles. The van der Waals surface area contributed by atoms with Gasteiger partial charge in [-0.05, 0) is 12.1 Å². The highest BCUT2D eigenvalue weighted by molar-refractivity contribution is 6.38. The van der Waals surface area contributed by atoms with Gasteiger partial charge in [0, 0.05) is 41.6 Å². The Bertz CT molecular complexity index is 828. The lowest BCUT2D eigenvalue weighted by Crippen LogP contribution is -2.19. The topological polar surface area (TPSA) is 56.1 Å². The smallest absolute Gasteiger partial charge is 0.250 e. The molecule has 0 spiro atoms. The molecule has 1 aromatic carbocycles. The number of rotatable bonds is 1. The minimum atomic E-state index is -0.196. The molecule has 2 aromatic rings. The van der Waals surface area contributed by atoms with Crippen LogP contribution in [0.25, 0.3) is 5.57 Å². The number of Topliss-reactive ketones (excluding diaryl/α,β-unsaturated/α-hetero) is 1. The van der Waals surface area contributed by atoms with Crippen molar-refractivity contribution in [2.24, 2.45) is 7.05 Å². The molecule has 0 atom stereocenters. The molecule has 0 amide bonds. The zero-order valence-electron chi connectivity index (χ0n) is 10.8. The molecule has 1 aromatic heterocycles. The fourth-order valence-electron chi connectivity index (χ4n) is 2.28. The number of hydrogen-bond donors (Lipinski definition) is 0. The first-order chi connectivity index (χ1) is 9.58. The molecule has 1 aliphatic rings. The number of aryl methyl sites for hydroxylation is 1. The monoisotopic (exact) mass is 265 g/mol. The molecule has 3 rings (SSSR count). The summed E-state index contributed by atoms with van der Waals surface area (Å²) in [7, 11) is 1.61. The molecular formula is C16H11NO3. The van der Waals surface area contributed by atoms with Gasteiger partial charge in [0.2, 0.25) is 5.56 Å². The molecule has 0 bridgehead atoms. The van der Waals surface area contributed by atoms with Crippen LogP contribution in [0.15, 0.2) is 53.5 Å². The Labute approximate surface area is 115 Å². The summed E-state index contributed by atoms with van der Waals surface area (Å²) in [5.74, 6) is -0.386. The Morgan fingerprint density at radius 2 is 1.60 bits per heavy atom. The van der Waals surface area contributed by atoms with Crippen LogP contribution in [0.3, 0.4) is 0 Å². The summed E-state index contributed by atoms with van der Waals surface area (Å²) in [6.45, 7) is 0. The van der Waals surface area contributed by atoms with Gasteiger partial charge in [-0.2, -0.15) is 0 Å². The second kappa shape index (κ2) is 4.42. The van der Waals surface area contributed by atoms with Crippen molar-refractivity contribution in [2.75, 3.05) is 0 Å². The van der Waals surface area contributed by atoms with Crippen molar-refractivity contribution < 1.29 is 9.59 Å². The third kappa shape index (κ3) is 1.82. The van der Waals surface area contributed by atoms with Crippen LogP contribution in [0.2, 0.25) is 0 Å². The van der Waals surface area contributed by atoms with Crippen molar-refractivity contribution in [2.45, 2.75) is 0 Å². The number of fused-ring (bicyclic) bond motifs is 1. The summed E-state index contributed by atoms with van der Waals surface area (Å²) in [6.07, 6.45) is 2.90. The lowest BCUT2D eigenvalue weighted by atomic mass is 9.87. The fraction of sp³-hybridized carbons (Fsp3) is 0.0625. The number of pyridine rings is 1. The molecular weight excluding hydrogens is 254 g/mol. The molecule has 20 heavy (non-hydrogen) atoms. The number of nitrogens with zero attached hydrogens (tertiary/aromatic N) is 1. The van der Waals surface area contributed by atoms with Crippen LogP contribution < -0.4 is 5.56 Å². The molecule has 0 radical (unpaired) electrons. The zero-order valence-corrected chi connectivity index (χ0v) is 10.8. The zero-order chi connectivity index (χ0) is 14.3. The SMILES string of the molecule is Cn1cc(C2=CC(=O)c3ccccc3C2=O)ccc1=O. The molecule has 0 unspecified atom stereocenters. The van der Waals surface area contributed by atoms with E-state index in [1.165, 1.54) is 16.7 Å². The Kier molecular flexibility index (Phi) is 2.71. The third-order valence-electron chi connectivity index (χ3n) is 3.35. The minimum Gasteiger partial charge on any atom is -0.318 e. The van der Waals surface area contributed by atoms with Crippen molar-refractivity contribution in [1.29, 1.82) is 0 Å². The van der Waals surface area contributed by atoms with Gasteiger partial charge in [-0.1, -0.05) is 24.3 Å². The number of allylic oxidation sites excluding steroid dienone is 2. The second-order valence-corrected chi connectivity index (χ2v) is 4.66. The molecule has 0 saturated carbocycles. The van der Waals surface area contributed by atoms with Gasteiger partial charge in [0.1, 0.15) is 0 Å². The van der Waals surface area contributed by atoms with Gasteiger partial charge in [-0.15, -0.1) is 0 Å². The van der Waals surface area contributed by atoms with Crippen molar-refractivity contribution in [3.63, 3.8) is 0 Å². The summed E-state index contributed by atoms with van der Waals surface area (Å²) < 4.78 is 1.38. The Hall–Kier alpha value is -2.75. The third-order valence-corrected chi connectivity index (χ3v) is 3.35. The van der Waals surface area contributed by atoms with E-state index in [1.807, 2.05) is 0 Å². The summed E-state index contributed by atoms with van der Waals surface area (Å²) in [6, 6.07) is 9.69. The van der Waals surface area contributed by atoms with E-state index in [1.54, 1.807) is 43.6 Å². The van der Waals surface area contributed by atoms with E-state index in [0.29, 0.717) is 22.3 Å². The second-order valence-electron chi connectivity index (χ2n) is 4.66. The summed E-state index contributed by atoms with van der Waals surface area (Å²) in [5.41, 5.74) is 1.56. The predicted molar refractivity (Wildman–Crippen MR) is 74.8 cm³/mol. The number of aromatic nitrogens is 1. The van der Waals surface area contributed by atoms with Gasteiger partial charge >= 0.3 is 0 Å². The van der Waals surface area contributed by atoms with Gasteiger partial charge in [-0.25, -0.2) is 0 Å². The standard InChI is InChI=1S/C16H11NO3/c1-17-9-10(6-7-15(17)19)13-8-14(18)11-4-2-3-5-12(11)16(13)20/h2-9H,1H3. The summed E-state index contributed by atoms with van der Waals surface area (Å²) in [4.78, 5) is 35.9. The molecule has 0 fully saturated rings. The molecule has 1 aliphatic carbocycles. The highest BCUT2D eigenvalue weighted by Gasteiger charge is 2.25. The predicted octanol–water partition coefficient (Wildman–Crippen LogP) is 1.85. The van der Waals surface area contributed by atoms with E-state index in [-0.39, 0.29) is 17.1 Å². The highest BCUT2D eigenvalue weighted by atomic mass is 16.1. The van der Waals surface area contributed by atoms with Crippen LogP contribution in [-0.2, 0) is 7.05 Å². The van der Waals surface area contributed by atoms with Crippen molar-refractivity contribution in [1.82, 2.24) is 4.57 Å². The highest BCUT2D eigenvalue weighted by Crippen LogP contribution is 2.26. The Morgan fingerprint density at radius 1 is 0.900 bits per heavy atom. The van der Waals surface area contributed by atoms with Gasteiger partial charge < -0.3 is 4.57 Å². The van der Waals surface area contributed by atoms with Gasteiger partial charge in [0.15, 0.2) is 11.6 Å². The summed E-state index contributed by atoms with van der Waals surface area (Å²) >= 11 is 0. The van der Waals surface area contributed by atoms with Crippen LogP contribution in [0.4, 0.5) is 0 Å².